The van der Waals surface area contributed by atoms with Crippen LogP contribution in [0.1, 0.15) is 27.7 Å². The molecule has 1 aliphatic rings. The highest BCUT2D eigenvalue weighted by molar-refractivity contribution is 6.62. The lowest BCUT2D eigenvalue weighted by Gasteiger charge is -2.32. The Hall–Kier alpha value is -2.06. The Morgan fingerprint density at radius 2 is 1.62 bits per heavy atom. The van der Waals surface area contributed by atoms with Crippen LogP contribution in [0.2, 0.25) is 0 Å². The van der Waals surface area contributed by atoms with Crippen LogP contribution in [0.15, 0.2) is 29.1 Å². The van der Waals surface area contributed by atoms with Crippen molar-refractivity contribution >= 4 is 12.6 Å². The van der Waals surface area contributed by atoms with Gasteiger partial charge in [-0.1, -0.05) is 12.1 Å². The van der Waals surface area contributed by atoms with Crippen molar-refractivity contribution in [1.29, 1.82) is 0 Å². The Labute approximate surface area is 141 Å². The van der Waals surface area contributed by atoms with Crippen molar-refractivity contribution in [3.05, 3.63) is 34.7 Å². The summed E-state index contributed by atoms with van der Waals surface area (Å²) in [7, 11) is 2.66. The monoisotopic (exact) mass is 331 g/mol. The highest BCUT2D eigenvalue weighted by atomic mass is 16.7. The minimum Gasteiger partial charge on any atom is -0.467 e. The molecule has 0 saturated carbocycles. The number of hydrogen-bond donors (Lipinski definition) is 0. The van der Waals surface area contributed by atoms with Gasteiger partial charge < -0.3 is 14.0 Å². The fraction of sp³-hybridized carbons (Fsp3) is 0.500. The predicted molar refractivity (Wildman–Crippen MR) is 91.1 cm³/mol. The molecule has 1 fully saturated rings. The summed E-state index contributed by atoms with van der Waals surface area (Å²) in [6, 6.07) is 7.65. The van der Waals surface area contributed by atoms with Gasteiger partial charge in [0, 0.05) is 7.05 Å². The average molecular weight is 331 g/mol. The highest BCUT2D eigenvalue weighted by Crippen LogP contribution is 2.36. The molecule has 1 aromatic heterocycles. The molecule has 128 valence electrons. The van der Waals surface area contributed by atoms with Crippen LogP contribution in [-0.4, -0.2) is 39.8 Å². The van der Waals surface area contributed by atoms with E-state index in [2.05, 4.69) is 5.10 Å². The first-order chi connectivity index (χ1) is 11.2. The smallest absolute Gasteiger partial charge is 0.467 e. The van der Waals surface area contributed by atoms with Gasteiger partial charge in [0.05, 0.1) is 24.0 Å². The summed E-state index contributed by atoms with van der Waals surface area (Å²) < 4.78 is 19.8. The zero-order valence-electron chi connectivity index (χ0n) is 14.9. The normalized spacial score (nSPS) is 18.8. The molecule has 0 amide bonds. The molecule has 8 heteroatoms. The van der Waals surface area contributed by atoms with E-state index in [-0.39, 0.29) is 22.9 Å². The maximum absolute atomic E-state index is 12.2. The van der Waals surface area contributed by atoms with Crippen molar-refractivity contribution in [2.45, 2.75) is 38.9 Å². The Morgan fingerprint density at radius 3 is 2.08 bits per heavy atom. The van der Waals surface area contributed by atoms with Crippen molar-refractivity contribution in [2.75, 3.05) is 7.11 Å². The van der Waals surface area contributed by atoms with Gasteiger partial charge in [0.15, 0.2) is 0 Å². The van der Waals surface area contributed by atoms with E-state index in [9.17, 15) is 4.79 Å². The third kappa shape index (κ3) is 2.55. The zero-order chi connectivity index (χ0) is 17.7. The van der Waals surface area contributed by atoms with Crippen molar-refractivity contribution in [1.82, 2.24) is 14.3 Å². The molecule has 0 atom stereocenters. The second-order valence-corrected chi connectivity index (χ2v) is 6.92. The summed E-state index contributed by atoms with van der Waals surface area (Å²) in [6.07, 6.45) is 0. The van der Waals surface area contributed by atoms with Gasteiger partial charge in [0.1, 0.15) is 0 Å². The van der Waals surface area contributed by atoms with Gasteiger partial charge in [0.25, 0.3) is 0 Å². The van der Waals surface area contributed by atoms with Crippen LogP contribution in [0.25, 0.3) is 5.69 Å². The van der Waals surface area contributed by atoms with Crippen molar-refractivity contribution in [3.8, 4) is 11.7 Å². The molecule has 3 rings (SSSR count). The maximum atomic E-state index is 12.2. The number of benzene rings is 1. The molecule has 2 aromatic rings. The molecule has 2 heterocycles. The van der Waals surface area contributed by atoms with Crippen LogP contribution >= 0.6 is 0 Å². The van der Waals surface area contributed by atoms with E-state index in [0.717, 1.165) is 5.46 Å². The Bertz CT molecular complexity index is 792. The molecule has 0 aliphatic carbocycles. The van der Waals surface area contributed by atoms with Crippen molar-refractivity contribution < 1.29 is 14.0 Å². The molecular weight excluding hydrogens is 309 g/mol. The molecule has 1 aromatic carbocycles. The van der Waals surface area contributed by atoms with Gasteiger partial charge in [-0.05, 0) is 45.3 Å². The summed E-state index contributed by atoms with van der Waals surface area (Å²) in [5.41, 5.74) is 0.506. The van der Waals surface area contributed by atoms with E-state index < -0.39 is 7.12 Å². The minimum atomic E-state index is -0.431. The first kappa shape index (κ1) is 16.8. The molecule has 1 aliphatic heterocycles. The van der Waals surface area contributed by atoms with Crippen molar-refractivity contribution in [2.24, 2.45) is 7.05 Å². The van der Waals surface area contributed by atoms with Gasteiger partial charge in [-0.25, -0.2) is 9.36 Å². The summed E-state index contributed by atoms with van der Waals surface area (Å²) in [4.78, 5) is 12.2. The highest BCUT2D eigenvalue weighted by Gasteiger charge is 2.51. The van der Waals surface area contributed by atoms with Crippen LogP contribution in [0.3, 0.4) is 0 Å². The molecule has 0 bridgehead atoms. The van der Waals surface area contributed by atoms with Gasteiger partial charge in [-0.2, -0.15) is 4.68 Å². The second-order valence-electron chi connectivity index (χ2n) is 6.92. The fourth-order valence-electron chi connectivity index (χ4n) is 2.52. The Morgan fingerprint density at radius 1 is 1.08 bits per heavy atom. The van der Waals surface area contributed by atoms with Crippen LogP contribution in [0.5, 0.6) is 6.01 Å². The van der Waals surface area contributed by atoms with Gasteiger partial charge in [0.2, 0.25) is 0 Å². The Kier molecular flexibility index (Phi) is 3.84. The van der Waals surface area contributed by atoms with E-state index in [1.54, 1.807) is 7.05 Å². The molecule has 0 spiro atoms. The fourth-order valence-corrected chi connectivity index (χ4v) is 2.52. The number of ether oxygens (including phenoxy) is 1. The van der Waals surface area contributed by atoms with Crippen LogP contribution in [0, 0.1) is 0 Å². The van der Waals surface area contributed by atoms with Gasteiger partial charge >= 0.3 is 18.8 Å². The molecule has 0 unspecified atom stereocenters. The standard InChI is InChI=1S/C16H22BN3O4/c1-15(2)16(3,4)24-17(23-15)11-7-9-12(10-8-11)20-14(21)19(5)13(18-20)22-6/h7-10H,1-6H3. The van der Waals surface area contributed by atoms with Crippen molar-refractivity contribution in [3.63, 3.8) is 0 Å². The largest absolute Gasteiger partial charge is 0.494 e. The topological polar surface area (TPSA) is 67.5 Å². The zero-order valence-corrected chi connectivity index (χ0v) is 14.9. The lowest BCUT2D eigenvalue weighted by Crippen LogP contribution is -2.41. The first-order valence-corrected chi connectivity index (χ1v) is 7.82. The second kappa shape index (κ2) is 5.49. The quantitative estimate of drug-likeness (QED) is 0.781. The number of rotatable bonds is 3. The van der Waals surface area contributed by atoms with E-state index in [4.69, 9.17) is 14.0 Å². The summed E-state index contributed by atoms with van der Waals surface area (Å²) in [5.74, 6) is 0. The van der Waals surface area contributed by atoms with Crippen LogP contribution < -0.4 is 15.9 Å². The van der Waals surface area contributed by atoms with E-state index in [0.29, 0.717) is 5.69 Å². The lowest BCUT2D eigenvalue weighted by molar-refractivity contribution is 0.00578. The molecule has 0 N–H and O–H groups in total. The SMILES string of the molecule is COc1nn(-c2ccc(B3OC(C)(C)C(C)(C)O3)cc2)c(=O)n1C. The first-order valence-electron chi connectivity index (χ1n) is 7.82. The lowest BCUT2D eigenvalue weighted by atomic mass is 9.79. The molecule has 24 heavy (non-hydrogen) atoms. The minimum absolute atomic E-state index is 0.259. The maximum Gasteiger partial charge on any atom is 0.494 e. The third-order valence-electron chi connectivity index (χ3n) is 4.79. The summed E-state index contributed by atoms with van der Waals surface area (Å²) in [6.45, 7) is 8.06. The molecular formula is C16H22BN3O4. The number of nitrogens with zero attached hydrogens (tertiary/aromatic N) is 3. The van der Waals surface area contributed by atoms with E-state index in [1.165, 1.54) is 16.4 Å². The predicted octanol–water partition coefficient (Wildman–Crippen LogP) is 0.879. The van der Waals surface area contributed by atoms with Crippen LogP contribution in [0.4, 0.5) is 0 Å². The average Bonchev–Trinajstić information content (AvgIpc) is 2.93. The molecule has 7 nitrogen and oxygen atoms in total. The molecule has 1 saturated heterocycles. The van der Waals surface area contributed by atoms with Gasteiger partial charge in [-0.3, -0.25) is 0 Å². The van der Waals surface area contributed by atoms with E-state index >= 15 is 0 Å². The number of methoxy groups -OCH3 is 1. The Balaban J connectivity index is 1.89. The molecule has 0 radical (unpaired) electrons. The third-order valence-corrected chi connectivity index (χ3v) is 4.79. The summed E-state index contributed by atoms with van der Waals surface area (Å²) in [5, 5.41) is 4.15. The number of hydrogen-bond acceptors (Lipinski definition) is 5. The van der Waals surface area contributed by atoms with E-state index in [1.807, 2.05) is 52.0 Å². The van der Waals surface area contributed by atoms with Crippen LogP contribution in [-0.2, 0) is 16.4 Å². The van der Waals surface area contributed by atoms with Gasteiger partial charge in [-0.15, -0.1) is 5.10 Å². The number of aromatic nitrogens is 3. The summed E-state index contributed by atoms with van der Waals surface area (Å²) >= 11 is 0.